The van der Waals surface area contributed by atoms with E-state index >= 15 is 0 Å². The molecule has 1 rings (SSSR count). The Hall–Kier alpha value is -1.35. The molecule has 1 aromatic carbocycles. The van der Waals surface area contributed by atoms with Crippen LogP contribution in [0.15, 0.2) is 30.3 Å². The number of amides is 1. The van der Waals surface area contributed by atoms with E-state index in [1.165, 1.54) is 0 Å². The molecule has 0 saturated carbocycles. The van der Waals surface area contributed by atoms with E-state index in [4.69, 9.17) is 5.73 Å². The van der Waals surface area contributed by atoms with Crippen LogP contribution in [0.5, 0.6) is 0 Å². The van der Waals surface area contributed by atoms with Crippen LogP contribution in [0.4, 0.5) is 0 Å². The second kappa shape index (κ2) is 6.55. The van der Waals surface area contributed by atoms with Gasteiger partial charge < -0.3 is 10.6 Å². The summed E-state index contributed by atoms with van der Waals surface area (Å²) in [6.07, 6.45) is 0.886. The van der Waals surface area contributed by atoms with Crippen LogP contribution in [0.1, 0.15) is 38.8 Å². The Bertz CT molecular complexity index is 375. The van der Waals surface area contributed by atoms with Crippen LogP contribution in [-0.2, 0) is 4.79 Å². The zero-order valence-electron chi connectivity index (χ0n) is 11.8. The zero-order valence-corrected chi connectivity index (χ0v) is 11.8. The van der Waals surface area contributed by atoms with Gasteiger partial charge in [0, 0.05) is 7.05 Å². The number of carbonyl (C=O) groups is 1. The minimum atomic E-state index is -0.423. The Labute approximate surface area is 110 Å². The quantitative estimate of drug-likeness (QED) is 0.870. The Morgan fingerprint density at radius 3 is 2.28 bits per heavy atom. The fraction of sp³-hybridized carbons (Fsp3) is 0.533. The monoisotopic (exact) mass is 248 g/mol. The molecule has 0 radical (unpaired) electrons. The molecule has 2 atom stereocenters. The van der Waals surface area contributed by atoms with Crippen LogP contribution >= 0.6 is 0 Å². The lowest BCUT2D eigenvalue weighted by molar-refractivity contribution is -0.134. The van der Waals surface area contributed by atoms with Gasteiger partial charge in [-0.1, -0.05) is 51.1 Å². The first-order chi connectivity index (χ1) is 8.49. The van der Waals surface area contributed by atoms with E-state index in [1.807, 2.05) is 39.1 Å². The van der Waals surface area contributed by atoms with Gasteiger partial charge in [0.2, 0.25) is 5.91 Å². The van der Waals surface area contributed by atoms with Crippen molar-refractivity contribution < 1.29 is 4.79 Å². The topological polar surface area (TPSA) is 46.3 Å². The van der Waals surface area contributed by atoms with Crippen molar-refractivity contribution in [1.82, 2.24) is 4.90 Å². The van der Waals surface area contributed by atoms with Crippen molar-refractivity contribution in [3.8, 4) is 0 Å². The third kappa shape index (κ3) is 3.33. The highest BCUT2D eigenvalue weighted by Gasteiger charge is 2.26. The van der Waals surface area contributed by atoms with Gasteiger partial charge in [0.05, 0.1) is 12.1 Å². The molecule has 0 heterocycles. The van der Waals surface area contributed by atoms with Gasteiger partial charge in [0.15, 0.2) is 0 Å². The molecular formula is C15H24N2O. The first kappa shape index (κ1) is 14.7. The summed E-state index contributed by atoms with van der Waals surface area (Å²) in [4.78, 5) is 14.0. The second-order valence-electron chi connectivity index (χ2n) is 5.05. The Balaban J connectivity index is 2.86. The summed E-state index contributed by atoms with van der Waals surface area (Å²) in [6.45, 7) is 6.03. The summed E-state index contributed by atoms with van der Waals surface area (Å²) in [5.41, 5.74) is 7.10. The SMILES string of the molecule is CCC(c1ccccc1)N(C)C(=O)[C@@H](N)C(C)C. The molecule has 2 N–H and O–H groups in total. The molecule has 0 spiro atoms. The van der Waals surface area contributed by atoms with E-state index in [1.54, 1.807) is 4.90 Å². The van der Waals surface area contributed by atoms with E-state index < -0.39 is 6.04 Å². The van der Waals surface area contributed by atoms with Gasteiger partial charge in [-0.3, -0.25) is 4.79 Å². The number of nitrogens with zero attached hydrogens (tertiary/aromatic N) is 1. The second-order valence-corrected chi connectivity index (χ2v) is 5.05. The van der Waals surface area contributed by atoms with Gasteiger partial charge in [0.25, 0.3) is 0 Å². The molecule has 0 aliphatic heterocycles. The molecule has 1 unspecified atom stereocenters. The van der Waals surface area contributed by atoms with Crippen molar-refractivity contribution in [2.45, 2.75) is 39.3 Å². The molecule has 100 valence electrons. The van der Waals surface area contributed by atoms with Crippen LogP contribution < -0.4 is 5.73 Å². The average molecular weight is 248 g/mol. The highest BCUT2D eigenvalue weighted by Crippen LogP contribution is 2.23. The number of hydrogen-bond donors (Lipinski definition) is 1. The number of likely N-dealkylation sites (N-methyl/N-ethyl adjacent to an activating group) is 1. The molecule has 0 fully saturated rings. The Kier molecular flexibility index (Phi) is 5.35. The van der Waals surface area contributed by atoms with E-state index in [0.717, 1.165) is 12.0 Å². The summed E-state index contributed by atoms with van der Waals surface area (Å²) >= 11 is 0. The molecule has 3 heteroatoms. The predicted octanol–water partition coefficient (Wildman–Crippen LogP) is 2.58. The van der Waals surface area contributed by atoms with E-state index in [2.05, 4.69) is 19.1 Å². The van der Waals surface area contributed by atoms with E-state index in [0.29, 0.717) is 0 Å². The molecule has 0 saturated heterocycles. The number of rotatable bonds is 5. The van der Waals surface area contributed by atoms with Gasteiger partial charge in [-0.05, 0) is 17.9 Å². The number of nitrogens with two attached hydrogens (primary N) is 1. The van der Waals surface area contributed by atoms with Crippen LogP contribution in [-0.4, -0.2) is 23.9 Å². The highest BCUT2D eigenvalue weighted by molar-refractivity contribution is 5.82. The zero-order chi connectivity index (χ0) is 13.7. The fourth-order valence-corrected chi connectivity index (χ4v) is 2.08. The third-order valence-electron chi connectivity index (χ3n) is 3.39. The lowest BCUT2D eigenvalue weighted by Crippen LogP contribution is -2.46. The number of benzene rings is 1. The molecule has 0 bridgehead atoms. The van der Waals surface area contributed by atoms with Gasteiger partial charge in [-0.25, -0.2) is 0 Å². The van der Waals surface area contributed by atoms with Crippen LogP contribution in [0.3, 0.4) is 0 Å². The Morgan fingerprint density at radius 2 is 1.83 bits per heavy atom. The molecule has 0 aliphatic carbocycles. The van der Waals surface area contributed by atoms with Crippen molar-refractivity contribution in [2.24, 2.45) is 11.7 Å². The van der Waals surface area contributed by atoms with Crippen LogP contribution in [0.25, 0.3) is 0 Å². The van der Waals surface area contributed by atoms with Crippen LogP contribution in [0.2, 0.25) is 0 Å². The first-order valence-corrected chi connectivity index (χ1v) is 6.56. The summed E-state index contributed by atoms with van der Waals surface area (Å²) in [7, 11) is 1.84. The minimum Gasteiger partial charge on any atom is -0.337 e. The van der Waals surface area contributed by atoms with E-state index in [9.17, 15) is 4.79 Å². The van der Waals surface area contributed by atoms with Gasteiger partial charge in [0.1, 0.15) is 0 Å². The summed E-state index contributed by atoms with van der Waals surface area (Å²) in [5, 5.41) is 0. The van der Waals surface area contributed by atoms with Gasteiger partial charge >= 0.3 is 0 Å². The summed E-state index contributed by atoms with van der Waals surface area (Å²) < 4.78 is 0. The molecule has 3 nitrogen and oxygen atoms in total. The highest BCUT2D eigenvalue weighted by atomic mass is 16.2. The first-order valence-electron chi connectivity index (χ1n) is 6.56. The summed E-state index contributed by atoms with van der Waals surface area (Å²) in [6, 6.07) is 9.77. The predicted molar refractivity (Wildman–Crippen MR) is 75.1 cm³/mol. The largest absolute Gasteiger partial charge is 0.337 e. The maximum atomic E-state index is 12.3. The van der Waals surface area contributed by atoms with Crippen molar-refractivity contribution in [1.29, 1.82) is 0 Å². The van der Waals surface area contributed by atoms with Crippen molar-refractivity contribution in [3.05, 3.63) is 35.9 Å². The molecule has 0 aliphatic rings. The molecule has 1 aromatic rings. The number of hydrogen-bond acceptors (Lipinski definition) is 2. The van der Waals surface area contributed by atoms with Crippen molar-refractivity contribution >= 4 is 5.91 Å². The maximum Gasteiger partial charge on any atom is 0.240 e. The Morgan fingerprint density at radius 1 is 1.28 bits per heavy atom. The number of carbonyl (C=O) groups excluding carboxylic acids is 1. The lowest BCUT2D eigenvalue weighted by atomic mass is 9.99. The minimum absolute atomic E-state index is 0.0145. The third-order valence-corrected chi connectivity index (χ3v) is 3.39. The standard InChI is InChI=1S/C15H24N2O/c1-5-13(12-9-7-6-8-10-12)17(4)15(18)14(16)11(2)3/h6-11,13-14H,5,16H2,1-4H3/t13?,14-/m0/s1. The molecule has 0 aromatic heterocycles. The normalized spacial score (nSPS) is 14.3. The summed E-state index contributed by atoms with van der Waals surface area (Å²) in [5.74, 6) is 0.175. The average Bonchev–Trinajstić information content (AvgIpc) is 2.38. The van der Waals surface area contributed by atoms with Gasteiger partial charge in [-0.15, -0.1) is 0 Å². The molecule has 18 heavy (non-hydrogen) atoms. The maximum absolute atomic E-state index is 12.3. The van der Waals surface area contributed by atoms with E-state index in [-0.39, 0.29) is 17.9 Å². The molecule has 1 amide bonds. The smallest absolute Gasteiger partial charge is 0.240 e. The van der Waals surface area contributed by atoms with Crippen LogP contribution in [0, 0.1) is 5.92 Å². The van der Waals surface area contributed by atoms with Gasteiger partial charge in [-0.2, -0.15) is 0 Å². The van der Waals surface area contributed by atoms with Crippen molar-refractivity contribution in [2.75, 3.05) is 7.05 Å². The molecular weight excluding hydrogens is 224 g/mol. The fourth-order valence-electron chi connectivity index (χ4n) is 2.08. The lowest BCUT2D eigenvalue weighted by Gasteiger charge is -2.31. The van der Waals surface area contributed by atoms with Crippen molar-refractivity contribution in [3.63, 3.8) is 0 Å².